The fourth-order valence-corrected chi connectivity index (χ4v) is 4.59. The molecule has 0 fully saturated rings. The third kappa shape index (κ3) is 4.28. The zero-order valence-electron chi connectivity index (χ0n) is 18.8. The van der Waals surface area contributed by atoms with Gasteiger partial charge in [0.05, 0.1) is 17.8 Å². The third-order valence-corrected chi connectivity index (χ3v) is 6.06. The molecule has 0 aliphatic carbocycles. The topological polar surface area (TPSA) is 70.5 Å². The van der Waals surface area contributed by atoms with E-state index in [4.69, 9.17) is 0 Å². The SMILES string of the molecule is C[C@@H]1Cc2nn3c(c2CN1C(=O)Nc1ccc(F)c(C(F)(F)F)c1)C(=O)N(C)CC(C)(C)C3. The molecule has 0 radical (unpaired) electrons. The number of nitrogens with zero attached hydrogens (tertiary/aromatic N) is 4. The average Bonchev–Trinajstić information content (AvgIpc) is 2.98. The standard InChI is InChI=1S/C22H25F4N5O2/c1-12-7-17-14(18-19(32)29(4)10-21(2,3)11-31(18)28-17)9-30(12)20(33)27-13-5-6-16(23)15(8-13)22(24,25)26/h5-6,8,12H,7,9-11H2,1-4H3,(H,27,33)/t12-/m1/s1. The van der Waals surface area contributed by atoms with Crippen molar-refractivity contribution in [2.24, 2.45) is 5.41 Å². The molecule has 4 rings (SSSR count). The zero-order valence-corrected chi connectivity index (χ0v) is 18.8. The van der Waals surface area contributed by atoms with Crippen LogP contribution in [0.3, 0.4) is 0 Å². The van der Waals surface area contributed by atoms with Crippen molar-refractivity contribution in [3.05, 3.63) is 46.5 Å². The lowest BCUT2D eigenvalue weighted by Gasteiger charge is -2.33. The summed E-state index contributed by atoms with van der Waals surface area (Å²) >= 11 is 0. The van der Waals surface area contributed by atoms with E-state index < -0.39 is 23.6 Å². The van der Waals surface area contributed by atoms with Crippen molar-refractivity contribution in [1.82, 2.24) is 19.6 Å². The van der Waals surface area contributed by atoms with Gasteiger partial charge in [0.1, 0.15) is 11.5 Å². The molecular formula is C22H25F4N5O2. The van der Waals surface area contributed by atoms with Crippen LogP contribution >= 0.6 is 0 Å². The number of hydrogen-bond donors (Lipinski definition) is 1. The molecule has 7 nitrogen and oxygen atoms in total. The molecule has 1 aromatic carbocycles. The van der Waals surface area contributed by atoms with E-state index in [1.54, 1.807) is 23.6 Å². The Morgan fingerprint density at radius 1 is 1.24 bits per heavy atom. The number of urea groups is 1. The molecular weight excluding hydrogens is 442 g/mol. The van der Waals surface area contributed by atoms with E-state index in [0.717, 1.165) is 11.8 Å². The van der Waals surface area contributed by atoms with Crippen molar-refractivity contribution in [1.29, 1.82) is 0 Å². The van der Waals surface area contributed by atoms with Crippen LogP contribution in [0.25, 0.3) is 0 Å². The first-order valence-electron chi connectivity index (χ1n) is 10.6. The van der Waals surface area contributed by atoms with Crippen LogP contribution in [0, 0.1) is 11.2 Å². The Morgan fingerprint density at radius 2 is 1.94 bits per heavy atom. The Balaban J connectivity index is 1.62. The number of halogens is 4. The van der Waals surface area contributed by atoms with Gasteiger partial charge in [-0.25, -0.2) is 9.18 Å². The largest absolute Gasteiger partial charge is 0.419 e. The molecule has 11 heteroatoms. The first-order chi connectivity index (χ1) is 15.3. The quantitative estimate of drug-likeness (QED) is 0.642. The van der Waals surface area contributed by atoms with Gasteiger partial charge in [-0.15, -0.1) is 0 Å². The maximum atomic E-state index is 13.6. The summed E-state index contributed by atoms with van der Waals surface area (Å²) < 4.78 is 54.3. The van der Waals surface area contributed by atoms with Crippen LogP contribution in [0.1, 0.15) is 48.1 Å². The van der Waals surface area contributed by atoms with E-state index in [1.165, 1.54) is 4.90 Å². The van der Waals surface area contributed by atoms with E-state index in [9.17, 15) is 27.2 Å². The number of amides is 3. The van der Waals surface area contributed by atoms with Gasteiger partial charge in [0.15, 0.2) is 0 Å². The van der Waals surface area contributed by atoms with Gasteiger partial charge >= 0.3 is 12.2 Å². The first-order valence-corrected chi connectivity index (χ1v) is 10.6. The Labute approximate surface area is 188 Å². The van der Waals surface area contributed by atoms with E-state index >= 15 is 0 Å². The van der Waals surface area contributed by atoms with Crippen molar-refractivity contribution in [2.75, 3.05) is 18.9 Å². The van der Waals surface area contributed by atoms with Gasteiger partial charge in [0.2, 0.25) is 0 Å². The van der Waals surface area contributed by atoms with Gasteiger partial charge in [0, 0.05) is 49.3 Å². The summed E-state index contributed by atoms with van der Waals surface area (Å²) in [4.78, 5) is 29.1. The second-order valence-corrected chi connectivity index (χ2v) is 9.56. The molecule has 33 heavy (non-hydrogen) atoms. The molecule has 3 heterocycles. The van der Waals surface area contributed by atoms with Crippen LogP contribution in [-0.2, 0) is 25.7 Å². The summed E-state index contributed by atoms with van der Waals surface area (Å²) in [5.74, 6) is -1.60. The predicted octanol–water partition coefficient (Wildman–Crippen LogP) is 4.13. The Morgan fingerprint density at radius 3 is 2.61 bits per heavy atom. The second kappa shape index (κ2) is 7.74. The summed E-state index contributed by atoms with van der Waals surface area (Å²) in [6.07, 6.45) is -4.48. The lowest BCUT2D eigenvalue weighted by molar-refractivity contribution is -0.139. The van der Waals surface area contributed by atoms with Crippen molar-refractivity contribution in [3.8, 4) is 0 Å². The number of alkyl halides is 3. The minimum Gasteiger partial charge on any atom is -0.340 e. The average molecular weight is 467 g/mol. The maximum Gasteiger partial charge on any atom is 0.419 e. The van der Waals surface area contributed by atoms with Gasteiger partial charge in [0.25, 0.3) is 5.91 Å². The van der Waals surface area contributed by atoms with Crippen LogP contribution in [0.2, 0.25) is 0 Å². The Hall–Kier alpha value is -3.11. The molecule has 2 aromatic rings. The number of aromatic nitrogens is 2. The van der Waals surface area contributed by atoms with Crippen LogP contribution in [0.5, 0.6) is 0 Å². The van der Waals surface area contributed by atoms with Crippen LogP contribution in [0.4, 0.5) is 28.0 Å². The highest BCUT2D eigenvalue weighted by Crippen LogP contribution is 2.34. The summed E-state index contributed by atoms with van der Waals surface area (Å²) in [5.41, 5.74) is 0.00988. The van der Waals surface area contributed by atoms with Crippen molar-refractivity contribution in [2.45, 2.75) is 52.5 Å². The summed E-state index contributed by atoms with van der Waals surface area (Å²) in [6.45, 7) is 7.08. The molecule has 1 atom stereocenters. The highest BCUT2D eigenvalue weighted by atomic mass is 19.4. The molecule has 2 aliphatic rings. The Bertz CT molecular complexity index is 1120. The highest BCUT2D eigenvalue weighted by Gasteiger charge is 2.39. The number of rotatable bonds is 1. The third-order valence-electron chi connectivity index (χ3n) is 6.06. The van der Waals surface area contributed by atoms with Gasteiger partial charge in [-0.05, 0) is 25.1 Å². The van der Waals surface area contributed by atoms with Gasteiger partial charge in [-0.2, -0.15) is 18.3 Å². The summed E-state index contributed by atoms with van der Waals surface area (Å²) in [7, 11) is 1.72. The fourth-order valence-electron chi connectivity index (χ4n) is 4.59. The summed E-state index contributed by atoms with van der Waals surface area (Å²) in [6, 6.07) is 1.38. The van der Waals surface area contributed by atoms with Crippen LogP contribution in [-0.4, -0.2) is 51.2 Å². The molecule has 1 N–H and O–H groups in total. The van der Waals surface area contributed by atoms with Crippen molar-refractivity contribution >= 4 is 17.6 Å². The minimum atomic E-state index is -4.88. The van der Waals surface area contributed by atoms with Crippen molar-refractivity contribution in [3.63, 3.8) is 0 Å². The first kappa shape index (κ1) is 23.1. The minimum absolute atomic E-state index is 0.0883. The number of anilines is 1. The maximum absolute atomic E-state index is 13.6. The number of hydrogen-bond acceptors (Lipinski definition) is 3. The molecule has 0 spiro atoms. The van der Waals surface area contributed by atoms with Gasteiger partial charge in [-0.3, -0.25) is 9.48 Å². The van der Waals surface area contributed by atoms with E-state index in [-0.39, 0.29) is 29.6 Å². The lowest BCUT2D eigenvalue weighted by atomic mass is 9.93. The molecule has 1 aromatic heterocycles. The Kier molecular flexibility index (Phi) is 5.41. The molecule has 3 amide bonds. The number of carbonyl (C=O) groups is 2. The highest BCUT2D eigenvalue weighted by molar-refractivity contribution is 5.95. The van der Waals surface area contributed by atoms with E-state index in [2.05, 4.69) is 10.4 Å². The predicted molar refractivity (Wildman–Crippen MR) is 112 cm³/mol. The molecule has 178 valence electrons. The second-order valence-electron chi connectivity index (χ2n) is 9.56. The fraction of sp³-hybridized carbons (Fsp3) is 0.500. The van der Waals surface area contributed by atoms with E-state index in [1.807, 2.05) is 13.8 Å². The molecule has 0 saturated carbocycles. The van der Waals surface area contributed by atoms with Crippen LogP contribution < -0.4 is 5.32 Å². The molecule has 2 aliphatic heterocycles. The number of benzene rings is 1. The molecule has 0 unspecified atom stereocenters. The molecule has 0 bridgehead atoms. The number of nitrogens with one attached hydrogen (secondary N) is 1. The zero-order chi connectivity index (χ0) is 24.3. The van der Waals surface area contributed by atoms with Crippen molar-refractivity contribution < 1.29 is 27.2 Å². The lowest BCUT2D eigenvalue weighted by Crippen LogP contribution is -2.45. The smallest absolute Gasteiger partial charge is 0.340 e. The summed E-state index contributed by atoms with van der Waals surface area (Å²) in [5, 5.41) is 7.08. The number of fused-ring (bicyclic) bond motifs is 3. The number of carbonyl (C=O) groups excluding carboxylic acids is 2. The molecule has 0 saturated heterocycles. The monoisotopic (exact) mass is 467 g/mol. The van der Waals surface area contributed by atoms with Gasteiger partial charge in [-0.1, -0.05) is 13.8 Å². The van der Waals surface area contributed by atoms with Crippen LogP contribution in [0.15, 0.2) is 18.2 Å². The normalized spacial score (nSPS) is 20.2. The van der Waals surface area contributed by atoms with E-state index in [0.29, 0.717) is 42.9 Å². The van der Waals surface area contributed by atoms with Gasteiger partial charge < -0.3 is 15.1 Å².